The lowest BCUT2D eigenvalue weighted by molar-refractivity contribution is 0.0408. The fraction of sp³-hybridized carbons (Fsp3) is 0.684. The highest BCUT2D eigenvalue weighted by atomic mass is 16.3. The van der Waals surface area contributed by atoms with E-state index in [4.69, 9.17) is 0 Å². The fourth-order valence-corrected chi connectivity index (χ4v) is 4.62. The molecule has 0 aromatic heterocycles. The van der Waals surface area contributed by atoms with E-state index in [1.807, 2.05) is 0 Å². The van der Waals surface area contributed by atoms with Gasteiger partial charge in [0.2, 0.25) is 0 Å². The zero-order chi connectivity index (χ0) is 14.2. The molecule has 3 rings (SSSR count). The first-order valence-electron chi connectivity index (χ1n) is 8.34. The zero-order valence-electron chi connectivity index (χ0n) is 12.9. The van der Waals surface area contributed by atoms with Crippen molar-refractivity contribution in [3.8, 4) is 0 Å². The lowest BCUT2D eigenvalue weighted by Crippen LogP contribution is -2.31. The zero-order valence-corrected chi connectivity index (χ0v) is 12.9. The van der Waals surface area contributed by atoms with Crippen LogP contribution in [0.1, 0.15) is 69.4 Å². The molecule has 3 atom stereocenters. The van der Waals surface area contributed by atoms with Gasteiger partial charge in [0.15, 0.2) is 0 Å². The summed E-state index contributed by atoms with van der Waals surface area (Å²) < 4.78 is 0. The Balaban J connectivity index is 1.73. The minimum absolute atomic E-state index is 0.122. The van der Waals surface area contributed by atoms with E-state index in [1.54, 1.807) is 0 Å². The summed E-state index contributed by atoms with van der Waals surface area (Å²) in [4.78, 5) is 0. The molecule has 1 aromatic carbocycles. The van der Waals surface area contributed by atoms with Crippen LogP contribution in [0.4, 0.5) is 0 Å². The quantitative estimate of drug-likeness (QED) is 0.846. The summed E-state index contributed by atoms with van der Waals surface area (Å²) in [6, 6.07) is 8.86. The maximum atomic E-state index is 10.8. The minimum atomic E-state index is -0.122. The third-order valence-corrected chi connectivity index (χ3v) is 5.82. The Morgan fingerprint density at radius 3 is 2.75 bits per heavy atom. The topological polar surface area (TPSA) is 20.2 Å². The number of hydrogen-bond donors (Lipinski definition) is 1. The first kappa shape index (κ1) is 14.1. The number of hydrogen-bond acceptors (Lipinski definition) is 1. The number of aryl methyl sites for hydroxylation is 1. The maximum Gasteiger partial charge on any atom is 0.0579 e. The first-order valence-corrected chi connectivity index (χ1v) is 8.34. The summed E-state index contributed by atoms with van der Waals surface area (Å²) in [5, 5.41) is 10.8. The van der Waals surface area contributed by atoms with Crippen molar-refractivity contribution >= 4 is 0 Å². The van der Waals surface area contributed by atoms with Crippen molar-refractivity contribution in [2.24, 2.45) is 11.3 Å². The summed E-state index contributed by atoms with van der Waals surface area (Å²) >= 11 is 0. The van der Waals surface area contributed by atoms with E-state index in [2.05, 4.69) is 38.1 Å². The van der Waals surface area contributed by atoms with Crippen LogP contribution in [0.25, 0.3) is 0 Å². The number of benzene rings is 1. The van der Waals surface area contributed by atoms with Gasteiger partial charge in [-0.05, 0) is 66.9 Å². The maximum absolute atomic E-state index is 10.8. The van der Waals surface area contributed by atoms with Crippen LogP contribution in [-0.4, -0.2) is 11.2 Å². The van der Waals surface area contributed by atoms with E-state index >= 15 is 0 Å². The molecule has 3 unspecified atom stereocenters. The molecule has 0 aliphatic heterocycles. The normalized spacial score (nSPS) is 29.9. The second-order valence-electron chi connectivity index (χ2n) is 7.58. The van der Waals surface area contributed by atoms with Crippen LogP contribution in [-0.2, 0) is 6.42 Å². The molecular weight excluding hydrogens is 244 g/mol. The predicted molar refractivity (Wildman–Crippen MR) is 83.9 cm³/mol. The molecular formula is C19H28O. The molecule has 0 bridgehead atoms. The molecule has 0 radical (unpaired) electrons. The third kappa shape index (κ3) is 2.65. The summed E-state index contributed by atoms with van der Waals surface area (Å²) in [6.07, 6.45) is 8.37. The molecule has 0 heterocycles. The van der Waals surface area contributed by atoms with Gasteiger partial charge in [0.25, 0.3) is 0 Å². The van der Waals surface area contributed by atoms with Gasteiger partial charge in [-0.15, -0.1) is 0 Å². The molecule has 1 fully saturated rings. The molecule has 2 aliphatic carbocycles. The minimum Gasteiger partial charge on any atom is -0.393 e. The highest BCUT2D eigenvalue weighted by Gasteiger charge is 2.39. The largest absolute Gasteiger partial charge is 0.393 e. The van der Waals surface area contributed by atoms with Crippen LogP contribution >= 0.6 is 0 Å². The van der Waals surface area contributed by atoms with Crippen LogP contribution in [0.15, 0.2) is 24.3 Å². The van der Waals surface area contributed by atoms with Gasteiger partial charge in [-0.25, -0.2) is 0 Å². The number of rotatable bonds is 3. The third-order valence-electron chi connectivity index (χ3n) is 5.82. The SMILES string of the molecule is CC1(C)CCCC1C(O)CC1CCCc2ccccc21. The Morgan fingerprint density at radius 2 is 2.00 bits per heavy atom. The second kappa shape index (κ2) is 5.52. The van der Waals surface area contributed by atoms with Gasteiger partial charge < -0.3 is 5.11 Å². The highest BCUT2D eigenvalue weighted by Crippen LogP contribution is 2.47. The molecule has 1 saturated carbocycles. The molecule has 0 amide bonds. The highest BCUT2D eigenvalue weighted by molar-refractivity contribution is 5.32. The van der Waals surface area contributed by atoms with Gasteiger partial charge in [0, 0.05) is 0 Å². The monoisotopic (exact) mass is 272 g/mol. The molecule has 110 valence electrons. The van der Waals surface area contributed by atoms with E-state index in [1.165, 1.54) is 49.7 Å². The fourth-order valence-electron chi connectivity index (χ4n) is 4.62. The van der Waals surface area contributed by atoms with Crippen LogP contribution in [0, 0.1) is 11.3 Å². The summed E-state index contributed by atoms with van der Waals surface area (Å²) in [7, 11) is 0. The van der Waals surface area contributed by atoms with Crippen LogP contribution in [0.2, 0.25) is 0 Å². The lowest BCUT2D eigenvalue weighted by Gasteiger charge is -2.34. The molecule has 1 aromatic rings. The Kier molecular flexibility index (Phi) is 3.90. The van der Waals surface area contributed by atoms with Gasteiger partial charge >= 0.3 is 0 Å². The van der Waals surface area contributed by atoms with E-state index in [-0.39, 0.29) is 6.10 Å². The van der Waals surface area contributed by atoms with Gasteiger partial charge in [-0.1, -0.05) is 44.5 Å². The van der Waals surface area contributed by atoms with Gasteiger partial charge in [0.1, 0.15) is 0 Å². The van der Waals surface area contributed by atoms with Crippen molar-refractivity contribution in [2.45, 2.75) is 70.8 Å². The predicted octanol–water partition coefficient (Wildman–Crippen LogP) is 4.68. The standard InChI is InChI=1S/C19H28O/c1-19(2)12-6-11-17(19)18(20)13-15-9-5-8-14-7-3-4-10-16(14)15/h3-4,7,10,15,17-18,20H,5-6,8-9,11-13H2,1-2H3. The summed E-state index contributed by atoms with van der Waals surface area (Å²) in [6.45, 7) is 4.67. The Labute approximate surface area is 123 Å². The molecule has 20 heavy (non-hydrogen) atoms. The van der Waals surface area contributed by atoms with Crippen LogP contribution in [0.3, 0.4) is 0 Å². The van der Waals surface area contributed by atoms with E-state index in [9.17, 15) is 5.11 Å². The van der Waals surface area contributed by atoms with Crippen molar-refractivity contribution in [1.82, 2.24) is 0 Å². The summed E-state index contributed by atoms with van der Waals surface area (Å²) in [5.41, 5.74) is 3.35. The Hall–Kier alpha value is -0.820. The van der Waals surface area contributed by atoms with Crippen LogP contribution < -0.4 is 0 Å². The first-order chi connectivity index (χ1) is 9.58. The number of aliphatic hydroxyl groups is 1. The summed E-state index contributed by atoms with van der Waals surface area (Å²) in [5.74, 6) is 1.07. The van der Waals surface area contributed by atoms with E-state index < -0.39 is 0 Å². The second-order valence-corrected chi connectivity index (χ2v) is 7.58. The number of fused-ring (bicyclic) bond motifs is 1. The van der Waals surface area contributed by atoms with Crippen molar-refractivity contribution in [2.75, 3.05) is 0 Å². The van der Waals surface area contributed by atoms with Crippen molar-refractivity contribution < 1.29 is 5.11 Å². The van der Waals surface area contributed by atoms with Crippen LogP contribution in [0.5, 0.6) is 0 Å². The Morgan fingerprint density at radius 1 is 1.20 bits per heavy atom. The Bertz CT molecular complexity index is 463. The molecule has 1 nitrogen and oxygen atoms in total. The van der Waals surface area contributed by atoms with Crippen molar-refractivity contribution in [3.63, 3.8) is 0 Å². The molecule has 0 saturated heterocycles. The number of aliphatic hydroxyl groups excluding tert-OH is 1. The van der Waals surface area contributed by atoms with Crippen molar-refractivity contribution in [1.29, 1.82) is 0 Å². The smallest absolute Gasteiger partial charge is 0.0579 e. The lowest BCUT2D eigenvalue weighted by atomic mass is 9.73. The molecule has 1 heteroatoms. The van der Waals surface area contributed by atoms with E-state index in [0.29, 0.717) is 17.3 Å². The average molecular weight is 272 g/mol. The molecule has 2 aliphatic rings. The van der Waals surface area contributed by atoms with Gasteiger partial charge in [-0.3, -0.25) is 0 Å². The van der Waals surface area contributed by atoms with Gasteiger partial charge in [-0.2, -0.15) is 0 Å². The average Bonchev–Trinajstić information content (AvgIpc) is 2.79. The molecule has 0 spiro atoms. The van der Waals surface area contributed by atoms with Gasteiger partial charge in [0.05, 0.1) is 6.10 Å². The van der Waals surface area contributed by atoms with E-state index in [0.717, 1.165) is 6.42 Å². The molecule has 1 N–H and O–H groups in total. The van der Waals surface area contributed by atoms with Crippen molar-refractivity contribution in [3.05, 3.63) is 35.4 Å².